The molecule has 0 atom stereocenters. The van der Waals surface area contributed by atoms with Gasteiger partial charge in [0.05, 0.1) is 22.6 Å². The van der Waals surface area contributed by atoms with Crippen LogP contribution in [0, 0.1) is 0 Å². The van der Waals surface area contributed by atoms with Gasteiger partial charge in [-0.2, -0.15) is 0 Å². The third-order valence-electron chi connectivity index (χ3n) is 8.40. The molecule has 0 bridgehead atoms. The standard InChI is InChI=1S/C41H25N5O/c1-2-12-26(13-3-1)38-40-37(30-16-4-5-21-36(30)47-40)31-18-11-17-29(39(31)46-38)27-14-10-15-28(24-27)34-25-35(32-19-6-8-22-42-32)45-41(44-34)33-20-7-9-23-43-33/h1-25H. The Kier molecular flexibility index (Phi) is 6.35. The Morgan fingerprint density at radius 1 is 0.447 bits per heavy atom. The van der Waals surface area contributed by atoms with E-state index in [0.29, 0.717) is 11.5 Å². The summed E-state index contributed by atoms with van der Waals surface area (Å²) < 4.78 is 6.48. The summed E-state index contributed by atoms with van der Waals surface area (Å²) in [7, 11) is 0. The Bertz CT molecular complexity index is 2510. The monoisotopic (exact) mass is 603 g/mol. The zero-order valence-electron chi connectivity index (χ0n) is 25.1. The van der Waals surface area contributed by atoms with Gasteiger partial charge >= 0.3 is 0 Å². The van der Waals surface area contributed by atoms with Gasteiger partial charge in [0.25, 0.3) is 0 Å². The van der Waals surface area contributed by atoms with Gasteiger partial charge in [-0.3, -0.25) is 9.97 Å². The summed E-state index contributed by atoms with van der Waals surface area (Å²) in [5, 5.41) is 3.19. The van der Waals surface area contributed by atoms with Crippen LogP contribution in [0.4, 0.5) is 0 Å². The van der Waals surface area contributed by atoms with Crippen LogP contribution in [0.25, 0.3) is 89.4 Å². The predicted octanol–water partition coefficient (Wildman–Crippen LogP) is 10.0. The fraction of sp³-hybridized carbons (Fsp3) is 0. The molecule has 9 rings (SSSR count). The lowest BCUT2D eigenvalue weighted by Crippen LogP contribution is -1.98. The summed E-state index contributed by atoms with van der Waals surface area (Å²) in [6.45, 7) is 0. The lowest BCUT2D eigenvalue weighted by Gasteiger charge is -2.12. The Hall–Kier alpha value is -6.53. The van der Waals surface area contributed by atoms with Crippen LogP contribution in [0.15, 0.2) is 156 Å². The molecule has 47 heavy (non-hydrogen) atoms. The summed E-state index contributed by atoms with van der Waals surface area (Å²) in [5.41, 5.74) is 10.4. The van der Waals surface area contributed by atoms with E-state index in [1.165, 1.54) is 0 Å². The highest BCUT2D eigenvalue weighted by Crippen LogP contribution is 2.42. The number of hydrogen-bond acceptors (Lipinski definition) is 6. The minimum Gasteiger partial charge on any atom is -0.454 e. The first-order valence-corrected chi connectivity index (χ1v) is 15.4. The van der Waals surface area contributed by atoms with Crippen molar-refractivity contribution in [2.45, 2.75) is 0 Å². The summed E-state index contributed by atoms with van der Waals surface area (Å²) in [4.78, 5) is 24.3. The van der Waals surface area contributed by atoms with Gasteiger partial charge in [-0.1, -0.05) is 97.1 Å². The molecule has 5 aromatic heterocycles. The van der Waals surface area contributed by atoms with E-state index in [1.54, 1.807) is 12.4 Å². The largest absolute Gasteiger partial charge is 0.454 e. The zero-order valence-corrected chi connectivity index (χ0v) is 25.1. The number of pyridine rings is 3. The molecule has 0 unspecified atom stereocenters. The summed E-state index contributed by atoms with van der Waals surface area (Å²) in [6.07, 6.45) is 3.53. The fourth-order valence-corrected chi connectivity index (χ4v) is 6.23. The van der Waals surface area contributed by atoms with Crippen LogP contribution in [0.1, 0.15) is 0 Å². The maximum absolute atomic E-state index is 6.48. The van der Waals surface area contributed by atoms with Crippen molar-refractivity contribution in [3.63, 3.8) is 0 Å². The highest BCUT2D eigenvalue weighted by Gasteiger charge is 2.20. The number of nitrogens with zero attached hydrogens (tertiary/aromatic N) is 5. The summed E-state index contributed by atoms with van der Waals surface area (Å²) in [6, 6.07) is 46.8. The van der Waals surface area contributed by atoms with Crippen molar-refractivity contribution < 1.29 is 4.42 Å². The minimum atomic E-state index is 0.544. The smallest absolute Gasteiger partial charge is 0.179 e. The molecule has 6 nitrogen and oxygen atoms in total. The highest BCUT2D eigenvalue weighted by atomic mass is 16.3. The van der Waals surface area contributed by atoms with Crippen LogP contribution < -0.4 is 0 Å². The van der Waals surface area contributed by atoms with Gasteiger partial charge in [0, 0.05) is 45.2 Å². The fourth-order valence-electron chi connectivity index (χ4n) is 6.23. The van der Waals surface area contributed by atoms with E-state index < -0.39 is 0 Å². The van der Waals surface area contributed by atoms with Crippen molar-refractivity contribution in [3.8, 4) is 56.5 Å². The average molecular weight is 604 g/mol. The average Bonchev–Trinajstić information content (AvgIpc) is 3.55. The number of benzene rings is 4. The van der Waals surface area contributed by atoms with Crippen molar-refractivity contribution in [1.29, 1.82) is 0 Å². The van der Waals surface area contributed by atoms with Gasteiger partial charge in [0.15, 0.2) is 11.4 Å². The summed E-state index contributed by atoms with van der Waals surface area (Å²) in [5.74, 6) is 0.544. The van der Waals surface area contributed by atoms with Crippen LogP contribution in [0.3, 0.4) is 0 Å². The topological polar surface area (TPSA) is 77.6 Å². The molecule has 4 aromatic carbocycles. The molecule has 9 aromatic rings. The Balaban J connectivity index is 1.26. The molecule has 5 heterocycles. The van der Waals surface area contributed by atoms with Crippen LogP contribution >= 0.6 is 0 Å². The van der Waals surface area contributed by atoms with Gasteiger partial charge in [0.1, 0.15) is 17.0 Å². The second-order valence-electron chi connectivity index (χ2n) is 11.3. The second-order valence-corrected chi connectivity index (χ2v) is 11.3. The summed E-state index contributed by atoms with van der Waals surface area (Å²) >= 11 is 0. The molecule has 0 aliphatic heterocycles. The molecule has 220 valence electrons. The number of fused-ring (bicyclic) bond motifs is 5. The van der Waals surface area contributed by atoms with Gasteiger partial charge in [-0.05, 0) is 48.0 Å². The highest BCUT2D eigenvalue weighted by molar-refractivity contribution is 6.22. The van der Waals surface area contributed by atoms with E-state index in [0.717, 1.165) is 77.9 Å². The third-order valence-corrected chi connectivity index (χ3v) is 8.40. The zero-order chi connectivity index (χ0) is 31.2. The molecule has 0 saturated heterocycles. The lowest BCUT2D eigenvalue weighted by molar-refractivity contribution is 0.669. The first-order valence-electron chi connectivity index (χ1n) is 15.4. The number of furan rings is 1. The third kappa shape index (κ3) is 4.71. The SMILES string of the molecule is c1ccc(-c2nc3c(-c4cccc(-c5cc(-c6ccccn6)nc(-c6ccccn6)n5)c4)cccc3c3c2oc2ccccc23)cc1. The van der Waals surface area contributed by atoms with E-state index in [4.69, 9.17) is 19.4 Å². The van der Waals surface area contributed by atoms with E-state index in [2.05, 4.69) is 76.7 Å². The number of aromatic nitrogens is 5. The second kappa shape index (κ2) is 11.1. The number of para-hydroxylation sites is 2. The van der Waals surface area contributed by atoms with Crippen molar-refractivity contribution in [2.24, 2.45) is 0 Å². The van der Waals surface area contributed by atoms with Crippen LogP contribution in [0.5, 0.6) is 0 Å². The molecular weight excluding hydrogens is 578 g/mol. The van der Waals surface area contributed by atoms with Crippen LogP contribution in [-0.2, 0) is 0 Å². The molecule has 0 saturated carbocycles. The first-order chi connectivity index (χ1) is 23.3. The van der Waals surface area contributed by atoms with E-state index >= 15 is 0 Å². The van der Waals surface area contributed by atoms with Gasteiger partial charge in [-0.25, -0.2) is 15.0 Å². The molecule has 6 heteroatoms. The van der Waals surface area contributed by atoms with E-state index in [1.807, 2.05) is 72.8 Å². The molecule has 0 radical (unpaired) electrons. The normalized spacial score (nSPS) is 11.4. The molecule has 0 fully saturated rings. The van der Waals surface area contributed by atoms with E-state index in [-0.39, 0.29) is 0 Å². The first kappa shape index (κ1) is 26.8. The minimum absolute atomic E-state index is 0.544. The van der Waals surface area contributed by atoms with Crippen molar-refractivity contribution in [3.05, 3.63) is 152 Å². The van der Waals surface area contributed by atoms with Gasteiger partial charge in [0.2, 0.25) is 0 Å². The number of hydrogen-bond donors (Lipinski definition) is 0. The van der Waals surface area contributed by atoms with Crippen LogP contribution in [0.2, 0.25) is 0 Å². The van der Waals surface area contributed by atoms with Crippen molar-refractivity contribution in [2.75, 3.05) is 0 Å². The van der Waals surface area contributed by atoms with Crippen LogP contribution in [-0.4, -0.2) is 24.9 Å². The predicted molar refractivity (Wildman–Crippen MR) is 187 cm³/mol. The molecule has 0 spiro atoms. The Morgan fingerprint density at radius 2 is 1.13 bits per heavy atom. The maximum Gasteiger partial charge on any atom is 0.179 e. The number of rotatable bonds is 5. The quantitative estimate of drug-likeness (QED) is 0.195. The molecule has 0 aliphatic rings. The molecule has 0 N–H and O–H groups in total. The Morgan fingerprint density at radius 3 is 1.96 bits per heavy atom. The van der Waals surface area contributed by atoms with E-state index in [9.17, 15) is 0 Å². The van der Waals surface area contributed by atoms with Crippen molar-refractivity contribution >= 4 is 32.8 Å². The van der Waals surface area contributed by atoms with Gasteiger partial charge in [-0.15, -0.1) is 0 Å². The Labute approximate surface area is 270 Å². The molecule has 0 aliphatic carbocycles. The molecule has 0 amide bonds. The lowest BCUT2D eigenvalue weighted by atomic mass is 9.96. The maximum atomic E-state index is 6.48. The van der Waals surface area contributed by atoms with Gasteiger partial charge < -0.3 is 4.42 Å². The molecular formula is C41H25N5O. The van der Waals surface area contributed by atoms with Crippen molar-refractivity contribution in [1.82, 2.24) is 24.9 Å².